The largest absolute Gasteiger partial charge is 0.478 e. The minimum absolute atomic E-state index is 0.0975. The zero-order valence-electron chi connectivity index (χ0n) is 16.0. The van der Waals surface area contributed by atoms with Crippen LogP contribution in [0.5, 0.6) is 17.2 Å². The minimum Gasteiger partial charge on any atom is -0.478 e. The molecule has 1 aliphatic heterocycles. The lowest BCUT2D eigenvalue weighted by Crippen LogP contribution is -2.24. The molecule has 0 aliphatic carbocycles. The normalized spacial score (nSPS) is 13.1. The highest BCUT2D eigenvalue weighted by atomic mass is 32.2. The summed E-state index contributed by atoms with van der Waals surface area (Å²) in [6.07, 6.45) is -0.636. The van der Waals surface area contributed by atoms with Gasteiger partial charge >= 0.3 is 0 Å². The summed E-state index contributed by atoms with van der Waals surface area (Å²) in [5.41, 5.74) is 0.900. The number of thioether (sulfide) groups is 1. The molecule has 2 aromatic carbocycles. The molecule has 0 spiro atoms. The molecule has 156 valence electrons. The second-order valence-corrected chi connectivity index (χ2v) is 7.28. The fourth-order valence-corrected chi connectivity index (χ4v) is 3.25. The van der Waals surface area contributed by atoms with Crippen LogP contribution in [0.25, 0.3) is 0 Å². The fourth-order valence-electron chi connectivity index (χ4n) is 2.65. The van der Waals surface area contributed by atoms with Crippen LogP contribution in [0.2, 0.25) is 0 Å². The lowest BCUT2D eigenvalue weighted by atomic mass is 10.2. The van der Waals surface area contributed by atoms with Gasteiger partial charge in [-0.1, -0.05) is 30.0 Å². The number of halogens is 1. The first-order valence-electron chi connectivity index (χ1n) is 9.11. The molecule has 2 heterocycles. The van der Waals surface area contributed by atoms with Crippen molar-refractivity contribution in [1.29, 1.82) is 0 Å². The maximum absolute atomic E-state index is 13.7. The van der Waals surface area contributed by atoms with Crippen LogP contribution in [-0.2, 0) is 11.3 Å². The van der Waals surface area contributed by atoms with Crippen LogP contribution in [0.1, 0.15) is 24.5 Å². The Labute approximate surface area is 175 Å². The third-order valence-electron chi connectivity index (χ3n) is 4.16. The van der Waals surface area contributed by atoms with Gasteiger partial charge < -0.3 is 23.9 Å². The third kappa shape index (κ3) is 4.82. The first-order valence-corrected chi connectivity index (χ1v) is 10.1. The summed E-state index contributed by atoms with van der Waals surface area (Å²) in [5.74, 6) is 1.10. The highest BCUT2D eigenvalue weighted by Crippen LogP contribution is 2.32. The van der Waals surface area contributed by atoms with Gasteiger partial charge in [-0.2, -0.15) is 0 Å². The van der Waals surface area contributed by atoms with Crippen LogP contribution in [0, 0.1) is 5.82 Å². The number of hydrogen-bond acceptors (Lipinski definition) is 8. The molecule has 0 fully saturated rings. The number of para-hydroxylation sites is 1. The third-order valence-corrected chi connectivity index (χ3v) is 4.98. The van der Waals surface area contributed by atoms with E-state index in [-0.39, 0.29) is 35.3 Å². The Morgan fingerprint density at radius 1 is 1.23 bits per heavy atom. The van der Waals surface area contributed by atoms with Gasteiger partial charge in [0.25, 0.3) is 11.1 Å². The minimum atomic E-state index is -0.636. The Morgan fingerprint density at radius 3 is 2.93 bits per heavy atom. The van der Waals surface area contributed by atoms with Crippen molar-refractivity contribution in [3.63, 3.8) is 0 Å². The van der Waals surface area contributed by atoms with Gasteiger partial charge in [0.05, 0.1) is 5.75 Å². The molecular weight excluding hydrogens is 413 g/mol. The molecule has 1 amide bonds. The van der Waals surface area contributed by atoms with Gasteiger partial charge in [0.1, 0.15) is 0 Å². The van der Waals surface area contributed by atoms with E-state index in [0.717, 1.165) is 17.3 Å². The SMILES string of the molecule is C[C@@H](Oc1ccccc1F)c1nnc(SCC(=O)NCc2ccc3c(c2)OCO3)o1. The summed E-state index contributed by atoms with van der Waals surface area (Å²) in [7, 11) is 0. The summed E-state index contributed by atoms with van der Waals surface area (Å²) in [6.45, 7) is 2.24. The first kappa shape index (κ1) is 20.0. The van der Waals surface area contributed by atoms with Gasteiger partial charge in [0, 0.05) is 6.54 Å². The second-order valence-electron chi connectivity index (χ2n) is 6.35. The van der Waals surface area contributed by atoms with E-state index in [1.54, 1.807) is 19.1 Å². The molecule has 8 nitrogen and oxygen atoms in total. The highest BCUT2D eigenvalue weighted by molar-refractivity contribution is 7.99. The lowest BCUT2D eigenvalue weighted by Gasteiger charge is -2.11. The first-order chi connectivity index (χ1) is 14.6. The van der Waals surface area contributed by atoms with Crippen molar-refractivity contribution in [2.45, 2.75) is 24.8 Å². The number of rotatable bonds is 8. The molecule has 0 saturated carbocycles. The van der Waals surface area contributed by atoms with Crippen LogP contribution < -0.4 is 19.5 Å². The number of nitrogens with one attached hydrogen (secondary N) is 1. The van der Waals surface area contributed by atoms with Gasteiger partial charge in [-0.25, -0.2) is 4.39 Å². The smallest absolute Gasteiger partial charge is 0.277 e. The number of aromatic nitrogens is 2. The summed E-state index contributed by atoms with van der Waals surface area (Å²) in [4.78, 5) is 12.1. The maximum Gasteiger partial charge on any atom is 0.277 e. The Kier molecular flexibility index (Phi) is 6.03. The van der Waals surface area contributed by atoms with E-state index in [1.807, 2.05) is 18.2 Å². The van der Waals surface area contributed by atoms with Crippen LogP contribution in [0.4, 0.5) is 4.39 Å². The van der Waals surface area contributed by atoms with Gasteiger partial charge in [-0.15, -0.1) is 10.2 Å². The average molecular weight is 431 g/mol. The lowest BCUT2D eigenvalue weighted by molar-refractivity contribution is -0.118. The summed E-state index contributed by atoms with van der Waals surface area (Å²) < 4.78 is 35.3. The predicted molar refractivity (Wildman–Crippen MR) is 105 cm³/mol. The van der Waals surface area contributed by atoms with Gasteiger partial charge in [-0.05, 0) is 36.8 Å². The molecule has 3 aromatic rings. The molecule has 1 aromatic heterocycles. The van der Waals surface area contributed by atoms with Crippen molar-refractivity contribution in [3.8, 4) is 17.2 Å². The van der Waals surface area contributed by atoms with Crippen molar-refractivity contribution in [2.75, 3.05) is 12.5 Å². The average Bonchev–Trinajstić information content (AvgIpc) is 3.41. The van der Waals surface area contributed by atoms with E-state index in [1.165, 1.54) is 12.1 Å². The molecule has 1 aliphatic rings. The molecule has 30 heavy (non-hydrogen) atoms. The second kappa shape index (κ2) is 9.04. The van der Waals surface area contributed by atoms with Crippen molar-refractivity contribution >= 4 is 17.7 Å². The standard InChI is InChI=1S/C20H18FN3O5S/c1-12(28-15-5-3-2-4-14(15)21)19-23-24-20(29-19)30-10-18(25)22-9-13-6-7-16-17(8-13)27-11-26-16/h2-8,12H,9-11H2,1H3,(H,22,25)/t12-/m1/s1. The zero-order valence-corrected chi connectivity index (χ0v) is 16.8. The molecule has 0 unspecified atom stereocenters. The number of carbonyl (C=O) groups excluding carboxylic acids is 1. The molecular formula is C20H18FN3O5S. The van der Waals surface area contributed by atoms with Gasteiger partial charge in [0.2, 0.25) is 12.7 Å². The molecule has 4 rings (SSSR count). The summed E-state index contributed by atoms with van der Waals surface area (Å²) >= 11 is 1.10. The highest BCUT2D eigenvalue weighted by Gasteiger charge is 2.18. The van der Waals surface area contributed by atoms with Crippen molar-refractivity contribution < 1.29 is 27.8 Å². The summed E-state index contributed by atoms with van der Waals surface area (Å²) in [5, 5.41) is 10.8. The molecule has 0 bridgehead atoms. The molecule has 1 atom stereocenters. The molecule has 1 N–H and O–H groups in total. The summed E-state index contributed by atoms with van der Waals surface area (Å²) in [6, 6.07) is 11.6. The molecule has 10 heteroatoms. The Hall–Kier alpha value is -3.27. The van der Waals surface area contributed by atoms with Crippen LogP contribution in [0.3, 0.4) is 0 Å². The van der Waals surface area contributed by atoms with Gasteiger partial charge in [0.15, 0.2) is 29.2 Å². The van der Waals surface area contributed by atoms with Crippen molar-refractivity contribution in [1.82, 2.24) is 15.5 Å². The predicted octanol–water partition coefficient (Wildman–Crippen LogP) is 3.49. The number of ether oxygens (including phenoxy) is 3. The number of benzene rings is 2. The van der Waals surface area contributed by atoms with Crippen molar-refractivity contribution in [3.05, 3.63) is 59.7 Å². The fraction of sp³-hybridized carbons (Fsp3) is 0.250. The Balaban J connectivity index is 1.24. The van der Waals surface area contributed by atoms with E-state index >= 15 is 0 Å². The number of carbonyl (C=O) groups is 1. The zero-order chi connectivity index (χ0) is 20.9. The van der Waals surface area contributed by atoms with Gasteiger partial charge in [-0.3, -0.25) is 4.79 Å². The van der Waals surface area contributed by atoms with Crippen LogP contribution in [0.15, 0.2) is 52.1 Å². The van der Waals surface area contributed by atoms with E-state index in [0.29, 0.717) is 18.0 Å². The number of fused-ring (bicyclic) bond motifs is 1. The van der Waals surface area contributed by atoms with E-state index in [9.17, 15) is 9.18 Å². The van der Waals surface area contributed by atoms with Crippen LogP contribution >= 0.6 is 11.8 Å². The van der Waals surface area contributed by atoms with Crippen molar-refractivity contribution in [2.24, 2.45) is 0 Å². The number of hydrogen-bond donors (Lipinski definition) is 1. The van der Waals surface area contributed by atoms with E-state index in [4.69, 9.17) is 18.6 Å². The number of nitrogens with zero attached hydrogens (tertiary/aromatic N) is 2. The molecule has 0 radical (unpaired) electrons. The Morgan fingerprint density at radius 2 is 2.07 bits per heavy atom. The van der Waals surface area contributed by atoms with E-state index in [2.05, 4.69) is 15.5 Å². The molecule has 0 saturated heterocycles. The topological polar surface area (TPSA) is 95.7 Å². The van der Waals surface area contributed by atoms with E-state index < -0.39 is 11.9 Å². The maximum atomic E-state index is 13.7. The quantitative estimate of drug-likeness (QED) is 0.542. The van der Waals surface area contributed by atoms with Crippen LogP contribution in [-0.4, -0.2) is 28.7 Å². The monoisotopic (exact) mass is 431 g/mol. The number of amides is 1. The Bertz CT molecular complexity index is 1040.